The fourth-order valence-corrected chi connectivity index (χ4v) is 2.83. The van der Waals surface area contributed by atoms with E-state index < -0.39 is 5.97 Å². The van der Waals surface area contributed by atoms with Crippen LogP contribution in [0.2, 0.25) is 0 Å². The molecule has 1 atom stereocenters. The van der Waals surface area contributed by atoms with Crippen LogP contribution < -0.4 is 5.32 Å². The van der Waals surface area contributed by atoms with Crippen LogP contribution in [0.1, 0.15) is 46.5 Å². The number of carbonyl (C=O) groups excluding carboxylic acids is 1. The highest BCUT2D eigenvalue weighted by atomic mass is 16.5. The largest absolute Gasteiger partial charge is 0.463 e. The third-order valence-corrected chi connectivity index (χ3v) is 3.95. The van der Waals surface area contributed by atoms with Crippen molar-refractivity contribution >= 4 is 5.97 Å². The van der Waals surface area contributed by atoms with E-state index in [-0.39, 0.29) is 11.8 Å². The van der Waals surface area contributed by atoms with E-state index in [2.05, 4.69) is 15.2 Å². The number of furan rings is 1. The van der Waals surface area contributed by atoms with Gasteiger partial charge < -0.3 is 14.5 Å². The van der Waals surface area contributed by atoms with Gasteiger partial charge in [-0.15, -0.1) is 0 Å². The molecule has 2 aromatic rings. The van der Waals surface area contributed by atoms with Crippen LogP contribution in [0, 0.1) is 0 Å². The number of methoxy groups -OCH3 is 1. The highest BCUT2D eigenvalue weighted by Gasteiger charge is 2.23. The quantitative estimate of drug-likeness (QED) is 0.871. The fraction of sp³-hybridized carbons (Fsp3) is 0.467. The highest BCUT2D eigenvalue weighted by Crippen LogP contribution is 2.29. The van der Waals surface area contributed by atoms with Crippen LogP contribution in [0.4, 0.5) is 0 Å². The molecular formula is C15H19N3O3. The Balaban J connectivity index is 1.66. The molecule has 6 heteroatoms. The Bertz CT molecular complexity index is 644. The summed E-state index contributed by atoms with van der Waals surface area (Å²) in [6, 6.07) is 3.72. The summed E-state index contributed by atoms with van der Waals surface area (Å²) in [4.78, 5) is 11.4. The second-order valence-electron chi connectivity index (χ2n) is 5.25. The smallest absolute Gasteiger partial charge is 0.373 e. The van der Waals surface area contributed by atoms with Crippen molar-refractivity contribution in [3.8, 4) is 0 Å². The molecule has 1 unspecified atom stereocenters. The number of nitrogens with one attached hydrogen (secondary N) is 1. The van der Waals surface area contributed by atoms with Crippen molar-refractivity contribution < 1.29 is 13.9 Å². The van der Waals surface area contributed by atoms with Gasteiger partial charge in [-0.2, -0.15) is 5.10 Å². The van der Waals surface area contributed by atoms with E-state index in [1.165, 1.54) is 18.4 Å². The van der Waals surface area contributed by atoms with E-state index in [9.17, 15) is 4.79 Å². The zero-order valence-corrected chi connectivity index (χ0v) is 12.3. The van der Waals surface area contributed by atoms with Gasteiger partial charge in [0.1, 0.15) is 5.76 Å². The number of esters is 1. The number of hydrogen-bond donors (Lipinski definition) is 1. The maximum Gasteiger partial charge on any atom is 0.373 e. The monoisotopic (exact) mass is 289 g/mol. The number of ether oxygens (including phenoxy) is 1. The number of aromatic nitrogens is 2. The number of carbonyl (C=O) groups is 1. The molecular weight excluding hydrogens is 270 g/mol. The first kappa shape index (κ1) is 13.9. The van der Waals surface area contributed by atoms with Gasteiger partial charge in [0.15, 0.2) is 0 Å². The fourth-order valence-electron chi connectivity index (χ4n) is 2.83. The van der Waals surface area contributed by atoms with Gasteiger partial charge in [0.25, 0.3) is 0 Å². The molecule has 0 amide bonds. The van der Waals surface area contributed by atoms with Crippen LogP contribution in [-0.2, 0) is 24.8 Å². The summed E-state index contributed by atoms with van der Waals surface area (Å²) in [7, 11) is 3.32. The highest BCUT2D eigenvalue weighted by molar-refractivity contribution is 5.86. The number of rotatable bonds is 4. The molecule has 1 N–H and O–H groups in total. The van der Waals surface area contributed by atoms with Gasteiger partial charge in [-0.3, -0.25) is 4.68 Å². The lowest BCUT2D eigenvalue weighted by Gasteiger charge is -2.23. The van der Waals surface area contributed by atoms with Gasteiger partial charge in [-0.25, -0.2) is 4.79 Å². The van der Waals surface area contributed by atoms with Crippen LogP contribution in [0.3, 0.4) is 0 Å². The topological polar surface area (TPSA) is 69.3 Å². The van der Waals surface area contributed by atoms with E-state index >= 15 is 0 Å². The molecule has 112 valence electrons. The van der Waals surface area contributed by atoms with Crippen LogP contribution in [0.5, 0.6) is 0 Å². The minimum atomic E-state index is -0.450. The van der Waals surface area contributed by atoms with E-state index in [4.69, 9.17) is 4.42 Å². The maximum atomic E-state index is 11.4. The normalized spacial score (nSPS) is 17.5. The maximum absolute atomic E-state index is 11.4. The molecule has 0 aromatic carbocycles. The molecule has 2 aromatic heterocycles. The van der Waals surface area contributed by atoms with Crippen LogP contribution in [0.15, 0.2) is 22.7 Å². The van der Waals surface area contributed by atoms with E-state index in [1.54, 1.807) is 12.1 Å². The lowest BCUT2D eigenvalue weighted by molar-refractivity contribution is 0.0562. The van der Waals surface area contributed by atoms with E-state index in [0.717, 1.165) is 25.0 Å². The van der Waals surface area contributed by atoms with Crippen LogP contribution >= 0.6 is 0 Å². The average Bonchev–Trinajstić information content (AvgIpc) is 3.12. The van der Waals surface area contributed by atoms with Crippen molar-refractivity contribution in [2.45, 2.75) is 31.8 Å². The SMILES string of the molecule is COC(=O)c1ccc(CNC2CCCc3c2cnn3C)o1. The predicted octanol–water partition coefficient (Wildman–Crippen LogP) is 1.97. The summed E-state index contributed by atoms with van der Waals surface area (Å²) < 4.78 is 12.0. The van der Waals surface area contributed by atoms with Crippen molar-refractivity contribution in [1.29, 1.82) is 0 Å². The third kappa shape index (κ3) is 2.71. The molecule has 0 saturated heterocycles. The summed E-state index contributed by atoms with van der Waals surface area (Å²) >= 11 is 0. The molecule has 0 bridgehead atoms. The predicted molar refractivity (Wildman–Crippen MR) is 75.8 cm³/mol. The molecule has 2 heterocycles. The standard InChI is InChI=1S/C15H19N3O3/c1-18-13-5-3-4-12(11(13)9-17-18)16-8-10-6-7-14(21-10)15(19)20-2/h6-7,9,12,16H,3-5,8H2,1-2H3. The second-order valence-corrected chi connectivity index (χ2v) is 5.25. The van der Waals surface area contributed by atoms with Crippen molar-refractivity contribution in [3.63, 3.8) is 0 Å². The Morgan fingerprint density at radius 3 is 3.24 bits per heavy atom. The first-order chi connectivity index (χ1) is 10.2. The number of nitrogens with zero attached hydrogens (tertiary/aromatic N) is 2. The molecule has 3 rings (SSSR count). The number of fused-ring (bicyclic) bond motifs is 1. The van der Waals surface area contributed by atoms with Gasteiger partial charge >= 0.3 is 5.97 Å². The molecule has 0 spiro atoms. The minimum Gasteiger partial charge on any atom is -0.463 e. The Kier molecular flexibility index (Phi) is 3.79. The molecule has 1 aliphatic rings. The first-order valence-corrected chi connectivity index (χ1v) is 7.10. The zero-order chi connectivity index (χ0) is 14.8. The molecule has 0 radical (unpaired) electrons. The molecule has 0 aliphatic heterocycles. The Morgan fingerprint density at radius 2 is 2.43 bits per heavy atom. The van der Waals surface area contributed by atoms with Crippen molar-refractivity contribution in [1.82, 2.24) is 15.1 Å². The Labute approximate surface area is 123 Å². The minimum absolute atomic E-state index is 0.236. The average molecular weight is 289 g/mol. The van der Waals surface area contributed by atoms with Gasteiger partial charge in [0.2, 0.25) is 5.76 Å². The van der Waals surface area contributed by atoms with Crippen molar-refractivity contribution in [3.05, 3.63) is 41.1 Å². The lowest BCUT2D eigenvalue weighted by Crippen LogP contribution is -2.24. The van der Waals surface area contributed by atoms with Crippen molar-refractivity contribution in [2.75, 3.05) is 7.11 Å². The first-order valence-electron chi connectivity index (χ1n) is 7.10. The van der Waals surface area contributed by atoms with Crippen LogP contribution in [0.25, 0.3) is 0 Å². The Hall–Kier alpha value is -2.08. The summed E-state index contributed by atoms with van der Waals surface area (Å²) in [6.07, 6.45) is 5.25. The Morgan fingerprint density at radius 1 is 1.57 bits per heavy atom. The van der Waals surface area contributed by atoms with Crippen LogP contribution in [-0.4, -0.2) is 22.9 Å². The van der Waals surface area contributed by atoms with Gasteiger partial charge in [-0.05, 0) is 31.4 Å². The summed E-state index contributed by atoms with van der Waals surface area (Å²) in [5.41, 5.74) is 2.57. The number of aryl methyl sites for hydroxylation is 1. The zero-order valence-electron chi connectivity index (χ0n) is 12.3. The summed E-state index contributed by atoms with van der Waals surface area (Å²) in [5.74, 6) is 0.514. The third-order valence-electron chi connectivity index (χ3n) is 3.95. The summed E-state index contributed by atoms with van der Waals surface area (Å²) in [6.45, 7) is 0.579. The van der Waals surface area contributed by atoms with E-state index in [0.29, 0.717) is 6.54 Å². The molecule has 0 fully saturated rings. The van der Waals surface area contributed by atoms with Gasteiger partial charge in [0, 0.05) is 24.3 Å². The summed E-state index contributed by atoms with van der Waals surface area (Å²) in [5, 5.41) is 7.81. The van der Waals surface area contributed by atoms with E-state index in [1.807, 2.05) is 17.9 Å². The lowest BCUT2D eigenvalue weighted by atomic mass is 9.93. The van der Waals surface area contributed by atoms with Gasteiger partial charge in [-0.1, -0.05) is 0 Å². The number of hydrogen-bond acceptors (Lipinski definition) is 5. The van der Waals surface area contributed by atoms with Gasteiger partial charge in [0.05, 0.1) is 19.9 Å². The molecule has 0 saturated carbocycles. The molecule has 6 nitrogen and oxygen atoms in total. The molecule has 21 heavy (non-hydrogen) atoms. The van der Waals surface area contributed by atoms with Crippen molar-refractivity contribution in [2.24, 2.45) is 7.05 Å². The second kappa shape index (κ2) is 5.73. The molecule has 1 aliphatic carbocycles.